The summed E-state index contributed by atoms with van der Waals surface area (Å²) in [6.07, 6.45) is 0.436. The number of nitrogens with zero attached hydrogens (tertiary/aromatic N) is 1. The molecule has 15 heavy (non-hydrogen) atoms. The van der Waals surface area contributed by atoms with Crippen molar-refractivity contribution in [2.45, 2.75) is 32.7 Å². The fraction of sp³-hybridized carbons (Fsp3) is 0.800. The molecule has 2 N–H and O–H groups in total. The molecule has 0 heterocycles. The summed E-state index contributed by atoms with van der Waals surface area (Å²) in [6, 6.07) is 0. The number of carboxylic acids is 1. The van der Waals surface area contributed by atoms with E-state index in [2.05, 4.69) is 5.32 Å². The molecule has 1 unspecified atom stereocenters. The molecule has 1 atom stereocenters. The fourth-order valence-corrected chi connectivity index (χ4v) is 0.934. The van der Waals surface area contributed by atoms with Crippen LogP contribution in [0, 0.1) is 0 Å². The second-order valence-corrected chi connectivity index (χ2v) is 3.75. The number of aliphatic carboxylic acids is 1. The molecule has 0 aliphatic rings. The molecule has 0 aliphatic heterocycles. The predicted molar refractivity (Wildman–Crippen MR) is 57.6 cm³/mol. The molecule has 0 fully saturated rings. The summed E-state index contributed by atoms with van der Waals surface area (Å²) in [7, 11) is 1.69. The first kappa shape index (κ1) is 13.9. The number of carboxylic acid groups (broad SMARTS) is 1. The fourth-order valence-electron chi connectivity index (χ4n) is 0.934. The lowest BCUT2D eigenvalue weighted by Gasteiger charge is -2.25. The van der Waals surface area contributed by atoms with Gasteiger partial charge in [0.1, 0.15) is 5.54 Å². The van der Waals surface area contributed by atoms with Gasteiger partial charge in [-0.1, -0.05) is 6.92 Å². The maximum Gasteiger partial charge on any atom is 0.323 e. The smallest absolute Gasteiger partial charge is 0.323 e. The van der Waals surface area contributed by atoms with Crippen LogP contribution in [0.5, 0.6) is 0 Å². The van der Waals surface area contributed by atoms with Gasteiger partial charge in [-0.2, -0.15) is 0 Å². The van der Waals surface area contributed by atoms with E-state index in [1.807, 2.05) is 6.92 Å². The summed E-state index contributed by atoms with van der Waals surface area (Å²) in [5, 5.41) is 11.7. The standard InChI is InChI=1S/C10H20N2O3/c1-5-10(3,9(14)15)11-7-8(13)12(4)6-2/h11H,5-7H2,1-4H3,(H,14,15). The van der Waals surface area contributed by atoms with Crippen LogP contribution in [0.2, 0.25) is 0 Å². The van der Waals surface area contributed by atoms with Gasteiger partial charge >= 0.3 is 5.97 Å². The van der Waals surface area contributed by atoms with E-state index >= 15 is 0 Å². The van der Waals surface area contributed by atoms with Gasteiger partial charge < -0.3 is 10.0 Å². The summed E-state index contributed by atoms with van der Waals surface area (Å²) >= 11 is 0. The Morgan fingerprint density at radius 2 is 1.93 bits per heavy atom. The van der Waals surface area contributed by atoms with Gasteiger partial charge in [0.15, 0.2) is 0 Å². The van der Waals surface area contributed by atoms with Crippen LogP contribution in [0.3, 0.4) is 0 Å². The Kier molecular flexibility index (Phi) is 5.28. The van der Waals surface area contributed by atoms with Crippen LogP contribution in [0.1, 0.15) is 27.2 Å². The topological polar surface area (TPSA) is 69.6 Å². The molecule has 5 nitrogen and oxygen atoms in total. The maximum absolute atomic E-state index is 11.4. The Balaban J connectivity index is 4.24. The Morgan fingerprint density at radius 1 is 1.40 bits per heavy atom. The molecule has 1 amide bonds. The van der Waals surface area contributed by atoms with Crippen LogP contribution < -0.4 is 5.32 Å². The third kappa shape index (κ3) is 3.87. The summed E-state index contributed by atoms with van der Waals surface area (Å²) in [5.41, 5.74) is -1.02. The molecule has 0 spiro atoms. The summed E-state index contributed by atoms with van der Waals surface area (Å²) in [6.45, 7) is 5.90. The average molecular weight is 216 g/mol. The summed E-state index contributed by atoms with van der Waals surface area (Å²) < 4.78 is 0. The van der Waals surface area contributed by atoms with Crippen LogP contribution in [0.25, 0.3) is 0 Å². The highest BCUT2D eigenvalue weighted by Gasteiger charge is 2.31. The number of rotatable bonds is 6. The third-order valence-electron chi connectivity index (χ3n) is 2.71. The lowest BCUT2D eigenvalue weighted by atomic mass is 9.99. The number of nitrogens with one attached hydrogen (secondary N) is 1. The highest BCUT2D eigenvalue weighted by atomic mass is 16.4. The number of hydrogen-bond acceptors (Lipinski definition) is 3. The second-order valence-electron chi connectivity index (χ2n) is 3.75. The molecule has 0 radical (unpaired) electrons. The molecule has 0 aromatic carbocycles. The first-order chi connectivity index (χ1) is 6.87. The monoisotopic (exact) mass is 216 g/mol. The van der Waals surface area contributed by atoms with Crippen molar-refractivity contribution in [2.24, 2.45) is 0 Å². The third-order valence-corrected chi connectivity index (χ3v) is 2.71. The van der Waals surface area contributed by atoms with Crippen molar-refractivity contribution in [3.63, 3.8) is 0 Å². The van der Waals surface area contributed by atoms with Gasteiger partial charge in [-0.15, -0.1) is 0 Å². The average Bonchev–Trinajstić information content (AvgIpc) is 2.23. The quantitative estimate of drug-likeness (QED) is 0.670. The SMILES string of the molecule is CCN(C)C(=O)CNC(C)(CC)C(=O)O. The number of amides is 1. The normalized spacial score (nSPS) is 14.4. The van der Waals surface area contributed by atoms with Gasteiger partial charge in [0.25, 0.3) is 0 Å². The molecule has 0 rings (SSSR count). The molecule has 0 saturated heterocycles. The molecule has 5 heteroatoms. The minimum absolute atomic E-state index is 0.0565. The van der Waals surface area contributed by atoms with Gasteiger partial charge in [-0.05, 0) is 20.3 Å². The highest BCUT2D eigenvalue weighted by molar-refractivity contribution is 5.81. The number of carbonyl (C=O) groups excluding carboxylic acids is 1. The largest absolute Gasteiger partial charge is 0.480 e. The van der Waals surface area contributed by atoms with Crippen molar-refractivity contribution in [3.8, 4) is 0 Å². The molecule has 88 valence electrons. The van der Waals surface area contributed by atoms with Gasteiger partial charge in [-0.25, -0.2) is 0 Å². The van der Waals surface area contributed by atoms with Crippen molar-refractivity contribution in [1.82, 2.24) is 10.2 Å². The van der Waals surface area contributed by atoms with E-state index in [4.69, 9.17) is 5.11 Å². The summed E-state index contributed by atoms with van der Waals surface area (Å²) in [4.78, 5) is 23.9. The maximum atomic E-state index is 11.4. The highest BCUT2D eigenvalue weighted by Crippen LogP contribution is 2.08. The lowest BCUT2D eigenvalue weighted by Crippen LogP contribution is -2.52. The van der Waals surface area contributed by atoms with Crippen LogP contribution in [-0.2, 0) is 9.59 Å². The molecular weight excluding hydrogens is 196 g/mol. The van der Waals surface area contributed by atoms with E-state index in [1.165, 1.54) is 0 Å². The Morgan fingerprint density at radius 3 is 2.27 bits per heavy atom. The number of carbonyl (C=O) groups is 2. The van der Waals surface area contributed by atoms with Gasteiger partial charge in [0.05, 0.1) is 6.54 Å². The van der Waals surface area contributed by atoms with Gasteiger partial charge in [0.2, 0.25) is 5.91 Å². The zero-order valence-corrected chi connectivity index (χ0v) is 9.83. The van der Waals surface area contributed by atoms with Crippen molar-refractivity contribution in [1.29, 1.82) is 0 Å². The van der Waals surface area contributed by atoms with Crippen LogP contribution >= 0.6 is 0 Å². The molecule has 0 aliphatic carbocycles. The summed E-state index contributed by atoms with van der Waals surface area (Å²) in [5.74, 6) is -1.03. The van der Waals surface area contributed by atoms with Crippen molar-refractivity contribution in [2.75, 3.05) is 20.1 Å². The number of hydrogen-bond donors (Lipinski definition) is 2. The van der Waals surface area contributed by atoms with E-state index in [0.717, 1.165) is 0 Å². The van der Waals surface area contributed by atoms with Crippen LogP contribution in [-0.4, -0.2) is 47.6 Å². The van der Waals surface area contributed by atoms with Crippen molar-refractivity contribution < 1.29 is 14.7 Å². The molecule has 0 aromatic heterocycles. The first-order valence-electron chi connectivity index (χ1n) is 5.09. The second kappa shape index (κ2) is 5.70. The van der Waals surface area contributed by atoms with E-state index in [1.54, 1.807) is 25.8 Å². The van der Waals surface area contributed by atoms with E-state index < -0.39 is 11.5 Å². The van der Waals surface area contributed by atoms with Crippen molar-refractivity contribution in [3.05, 3.63) is 0 Å². The molecule has 0 saturated carbocycles. The Hall–Kier alpha value is -1.10. The van der Waals surface area contributed by atoms with E-state index in [-0.39, 0.29) is 12.5 Å². The van der Waals surface area contributed by atoms with Crippen LogP contribution in [0.15, 0.2) is 0 Å². The van der Waals surface area contributed by atoms with Crippen LogP contribution in [0.4, 0.5) is 0 Å². The van der Waals surface area contributed by atoms with E-state index in [9.17, 15) is 9.59 Å². The Bertz CT molecular complexity index is 243. The van der Waals surface area contributed by atoms with Crippen molar-refractivity contribution >= 4 is 11.9 Å². The lowest BCUT2D eigenvalue weighted by molar-refractivity contribution is -0.144. The molecule has 0 bridgehead atoms. The molecular formula is C10H20N2O3. The Labute approximate surface area is 90.5 Å². The zero-order chi connectivity index (χ0) is 12.1. The number of likely N-dealkylation sites (N-methyl/N-ethyl adjacent to an activating group) is 1. The zero-order valence-electron chi connectivity index (χ0n) is 9.83. The van der Waals surface area contributed by atoms with E-state index in [0.29, 0.717) is 13.0 Å². The van der Waals surface area contributed by atoms with Gasteiger partial charge in [0, 0.05) is 13.6 Å². The first-order valence-corrected chi connectivity index (χ1v) is 5.09. The minimum Gasteiger partial charge on any atom is -0.480 e. The molecule has 0 aromatic rings. The predicted octanol–water partition coefficient (Wildman–Crippen LogP) is 0.308. The van der Waals surface area contributed by atoms with Gasteiger partial charge in [-0.3, -0.25) is 14.9 Å². The minimum atomic E-state index is -1.02.